The maximum absolute atomic E-state index is 10.9. The summed E-state index contributed by atoms with van der Waals surface area (Å²) in [4.78, 5) is 10.9. The highest BCUT2D eigenvalue weighted by Crippen LogP contribution is 2.33. The van der Waals surface area contributed by atoms with E-state index in [0.717, 1.165) is 0 Å². The Balaban J connectivity index is 3.22. The van der Waals surface area contributed by atoms with Crippen LogP contribution >= 0.6 is 22.6 Å². The van der Waals surface area contributed by atoms with Crippen LogP contribution in [0.25, 0.3) is 0 Å². The lowest BCUT2D eigenvalue weighted by molar-refractivity contribution is -0.132. The zero-order valence-corrected chi connectivity index (χ0v) is 10.9. The van der Waals surface area contributed by atoms with Gasteiger partial charge in [-0.2, -0.15) is 0 Å². The van der Waals surface area contributed by atoms with E-state index in [4.69, 9.17) is 14.7 Å². The molecule has 0 amide bonds. The molecule has 0 aliphatic carbocycles. The van der Waals surface area contributed by atoms with E-state index in [9.17, 15) is 4.79 Å². The molecule has 0 bridgehead atoms. The fraction of sp³-hybridized carbons (Fsp3) is 0.200. The highest BCUT2D eigenvalue weighted by Gasteiger charge is 2.12. The molecule has 0 saturated carbocycles. The first-order valence-corrected chi connectivity index (χ1v) is 5.39. The molecule has 5 nitrogen and oxygen atoms in total. The molecule has 16 heavy (non-hydrogen) atoms. The number of carbonyl (C=O) groups excluding carboxylic acids is 1. The summed E-state index contributed by atoms with van der Waals surface area (Å²) in [7, 11) is 1.47. The Morgan fingerprint density at radius 3 is 2.75 bits per heavy atom. The van der Waals surface area contributed by atoms with Gasteiger partial charge in [-0.15, -0.1) is 0 Å². The van der Waals surface area contributed by atoms with Crippen LogP contribution < -0.4 is 9.47 Å². The summed E-state index contributed by atoms with van der Waals surface area (Å²) in [5.41, 5.74) is 0.652. The van der Waals surface area contributed by atoms with Gasteiger partial charge in [0.25, 0.3) is 0 Å². The lowest BCUT2D eigenvalue weighted by Crippen LogP contribution is -2.05. The normalized spacial score (nSPS) is 10.4. The molecule has 0 aromatic heterocycles. The van der Waals surface area contributed by atoms with Gasteiger partial charge in [-0.25, -0.2) is 0 Å². The molecule has 0 radical (unpaired) electrons. The third-order valence-corrected chi connectivity index (χ3v) is 2.51. The molecular weight excluding hydrogens is 325 g/mol. The molecule has 6 heteroatoms. The van der Waals surface area contributed by atoms with Gasteiger partial charge in [0.15, 0.2) is 11.5 Å². The number of nitrogens with zero attached hydrogens (tertiary/aromatic N) is 1. The first kappa shape index (κ1) is 12.8. The molecule has 1 aromatic rings. The quantitative estimate of drug-likeness (QED) is 0.229. The smallest absolute Gasteiger partial charge is 0.308 e. The van der Waals surface area contributed by atoms with E-state index in [1.54, 1.807) is 12.1 Å². The average molecular weight is 335 g/mol. The SMILES string of the molecule is COc1cc(C=NO)cc(I)c1OC(C)=O. The van der Waals surface area contributed by atoms with Gasteiger partial charge < -0.3 is 14.7 Å². The molecule has 0 atom stereocenters. The minimum absolute atomic E-state index is 0.366. The molecular formula is C10H10INO4. The Labute approximate surface area is 106 Å². The average Bonchev–Trinajstić information content (AvgIpc) is 2.21. The highest BCUT2D eigenvalue weighted by atomic mass is 127. The van der Waals surface area contributed by atoms with Gasteiger partial charge in [-0.05, 0) is 34.7 Å². The van der Waals surface area contributed by atoms with Gasteiger partial charge in [0, 0.05) is 12.5 Å². The van der Waals surface area contributed by atoms with Gasteiger partial charge in [0.05, 0.1) is 16.9 Å². The van der Waals surface area contributed by atoms with Crippen molar-refractivity contribution in [2.75, 3.05) is 7.11 Å². The topological polar surface area (TPSA) is 68.1 Å². The van der Waals surface area contributed by atoms with Gasteiger partial charge >= 0.3 is 5.97 Å². The lowest BCUT2D eigenvalue weighted by Gasteiger charge is -2.10. The molecule has 0 heterocycles. The third-order valence-electron chi connectivity index (χ3n) is 1.70. The summed E-state index contributed by atoms with van der Waals surface area (Å²) in [6.07, 6.45) is 1.27. The first-order valence-electron chi connectivity index (χ1n) is 4.32. The van der Waals surface area contributed by atoms with E-state index in [1.165, 1.54) is 20.2 Å². The maximum Gasteiger partial charge on any atom is 0.308 e. The number of hydrogen-bond donors (Lipinski definition) is 1. The van der Waals surface area contributed by atoms with E-state index in [0.29, 0.717) is 20.6 Å². The van der Waals surface area contributed by atoms with Crippen molar-refractivity contribution in [2.45, 2.75) is 6.92 Å². The van der Waals surface area contributed by atoms with Crippen molar-refractivity contribution in [2.24, 2.45) is 5.16 Å². The highest BCUT2D eigenvalue weighted by molar-refractivity contribution is 14.1. The zero-order chi connectivity index (χ0) is 12.1. The van der Waals surface area contributed by atoms with Gasteiger partial charge in [-0.1, -0.05) is 5.16 Å². The van der Waals surface area contributed by atoms with Crippen LogP contribution in [0.2, 0.25) is 0 Å². The van der Waals surface area contributed by atoms with Crippen LogP contribution in [0.15, 0.2) is 17.3 Å². The Hall–Kier alpha value is -1.31. The summed E-state index contributed by atoms with van der Waals surface area (Å²) in [6.45, 7) is 1.32. The molecule has 0 aliphatic heterocycles. The molecule has 1 rings (SSSR count). The third kappa shape index (κ3) is 3.09. The number of halogens is 1. The summed E-state index contributed by atoms with van der Waals surface area (Å²) in [5, 5.41) is 11.4. The van der Waals surface area contributed by atoms with Crippen LogP contribution in [0.5, 0.6) is 11.5 Å². The molecule has 0 spiro atoms. The van der Waals surface area contributed by atoms with E-state index >= 15 is 0 Å². The number of oxime groups is 1. The second kappa shape index (κ2) is 5.69. The van der Waals surface area contributed by atoms with Crippen molar-refractivity contribution in [1.82, 2.24) is 0 Å². The van der Waals surface area contributed by atoms with E-state index in [-0.39, 0.29) is 0 Å². The van der Waals surface area contributed by atoms with Crippen LogP contribution in [-0.2, 0) is 4.79 Å². The number of carbonyl (C=O) groups is 1. The second-order valence-electron chi connectivity index (χ2n) is 2.87. The standard InChI is InChI=1S/C10H10INO4/c1-6(13)16-10-8(11)3-7(5-12-14)4-9(10)15-2/h3-5,14H,1-2H3. The van der Waals surface area contributed by atoms with Crippen LogP contribution in [0.3, 0.4) is 0 Å². The number of esters is 1. The van der Waals surface area contributed by atoms with Crippen molar-refractivity contribution in [3.63, 3.8) is 0 Å². The Morgan fingerprint density at radius 2 is 2.25 bits per heavy atom. The Kier molecular flexibility index (Phi) is 4.53. The number of rotatable bonds is 3. The van der Waals surface area contributed by atoms with Crippen molar-refractivity contribution in [3.8, 4) is 11.5 Å². The van der Waals surface area contributed by atoms with Crippen LogP contribution in [0, 0.1) is 3.57 Å². The lowest BCUT2D eigenvalue weighted by atomic mass is 10.2. The fourth-order valence-electron chi connectivity index (χ4n) is 1.12. The summed E-state index contributed by atoms with van der Waals surface area (Å²) in [5.74, 6) is 0.363. The molecule has 0 saturated heterocycles. The molecule has 0 fully saturated rings. The molecule has 0 unspecified atom stereocenters. The predicted octanol–water partition coefficient (Wildman–Crippen LogP) is 2.03. The summed E-state index contributed by atoms with van der Waals surface area (Å²) >= 11 is 2.01. The molecule has 86 valence electrons. The van der Waals surface area contributed by atoms with Crippen molar-refractivity contribution in [3.05, 3.63) is 21.3 Å². The van der Waals surface area contributed by atoms with E-state index in [1.807, 2.05) is 22.6 Å². The maximum atomic E-state index is 10.9. The van der Waals surface area contributed by atoms with Crippen LogP contribution in [0.4, 0.5) is 0 Å². The molecule has 1 aromatic carbocycles. The van der Waals surface area contributed by atoms with Crippen LogP contribution in [0.1, 0.15) is 12.5 Å². The van der Waals surface area contributed by atoms with Crippen molar-refractivity contribution >= 4 is 34.8 Å². The molecule has 0 aliphatic rings. The Bertz CT molecular complexity index is 431. The monoisotopic (exact) mass is 335 g/mol. The van der Waals surface area contributed by atoms with E-state index < -0.39 is 5.97 Å². The van der Waals surface area contributed by atoms with Crippen LogP contribution in [-0.4, -0.2) is 24.5 Å². The number of hydrogen-bond acceptors (Lipinski definition) is 5. The minimum atomic E-state index is -0.417. The predicted molar refractivity (Wildman–Crippen MR) is 66.4 cm³/mol. The van der Waals surface area contributed by atoms with Crippen molar-refractivity contribution in [1.29, 1.82) is 0 Å². The van der Waals surface area contributed by atoms with Gasteiger partial charge in [0.2, 0.25) is 0 Å². The fourth-order valence-corrected chi connectivity index (χ4v) is 1.86. The Morgan fingerprint density at radius 1 is 1.56 bits per heavy atom. The minimum Gasteiger partial charge on any atom is -0.493 e. The number of benzene rings is 1. The van der Waals surface area contributed by atoms with Gasteiger partial charge in [0.1, 0.15) is 0 Å². The molecule has 1 N–H and O–H groups in total. The zero-order valence-electron chi connectivity index (χ0n) is 8.73. The van der Waals surface area contributed by atoms with E-state index in [2.05, 4.69) is 5.16 Å². The summed E-state index contributed by atoms with van der Waals surface area (Å²) in [6, 6.07) is 3.32. The second-order valence-corrected chi connectivity index (χ2v) is 4.03. The number of ether oxygens (including phenoxy) is 2. The first-order chi connectivity index (χ1) is 7.58. The largest absolute Gasteiger partial charge is 0.493 e. The number of methoxy groups -OCH3 is 1. The van der Waals surface area contributed by atoms with Crippen molar-refractivity contribution < 1.29 is 19.5 Å². The van der Waals surface area contributed by atoms with Gasteiger partial charge in [-0.3, -0.25) is 4.79 Å². The summed E-state index contributed by atoms with van der Waals surface area (Å²) < 4.78 is 10.8.